The van der Waals surface area contributed by atoms with E-state index in [4.69, 9.17) is 4.74 Å². The number of hydrogen-bond donors (Lipinski definition) is 2. The lowest BCUT2D eigenvalue weighted by molar-refractivity contribution is -0.125. The van der Waals surface area contributed by atoms with E-state index in [1.165, 1.54) is 6.07 Å². The Balaban J connectivity index is 1.58. The molecule has 2 fully saturated rings. The average molecular weight is 383 g/mol. The van der Waals surface area contributed by atoms with Gasteiger partial charge in [-0.05, 0) is 69.0 Å². The van der Waals surface area contributed by atoms with E-state index in [2.05, 4.69) is 15.6 Å². The molecular weight excluding hydrogens is 357 g/mol. The first-order chi connectivity index (χ1) is 13.5. The number of ether oxygens (including phenoxy) is 1. The molecule has 2 aliphatic heterocycles. The van der Waals surface area contributed by atoms with Crippen LogP contribution in [0.4, 0.5) is 4.39 Å². The molecule has 3 atom stereocenters. The number of halogens is 1. The van der Waals surface area contributed by atoms with Crippen molar-refractivity contribution in [3.05, 3.63) is 48.0 Å². The maximum atomic E-state index is 14.4. The van der Waals surface area contributed by atoms with Crippen LogP contribution < -0.4 is 15.4 Å². The summed E-state index contributed by atoms with van der Waals surface area (Å²) < 4.78 is 20.0. The molecule has 1 aromatic heterocycles. The van der Waals surface area contributed by atoms with E-state index in [0.29, 0.717) is 24.3 Å². The Morgan fingerprint density at radius 1 is 1.32 bits per heavy atom. The highest BCUT2D eigenvalue weighted by atomic mass is 19.1. The summed E-state index contributed by atoms with van der Waals surface area (Å²) in [5.74, 6) is 0.468. The number of aromatic nitrogens is 1. The smallest absolute Gasteiger partial charge is 0.222 e. The molecule has 2 N–H and O–H groups in total. The first kappa shape index (κ1) is 18.9. The largest absolute Gasteiger partial charge is 0.494 e. The molecule has 2 aromatic rings. The second-order valence-corrected chi connectivity index (χ2v) is 7.91. The predicted molar refractivity (Wildman–Crippen MR) is 105 cm³/mol. The number of amides is 1. The van der Waals surface area contributed by atoms with E-state index in [1.807, 2.05) is 26.0 Å². The number of nitrogens with zero attached hydrogens (tertiary/aromatic N) is 1. The molecular formula is C22H26FN3O2. The molecule has 28 heavy (non-hydrogen) atoms. The Bertz CT molecular complexity index is 888. The molecule has 3 heterocycles. The fourth-order valence-corrected chi connectivity index (χ4v) is 4.59. The van der Waals surface area contributed by atoms with E-state index in [0.717, 1.165) is 30.5 Å². The SMILES string of the molecule is CCOc1ccc(F)c(-c2ccnc(C3CCC4(CC(=O)NC(C)C4)N3)c2)c1. The Hall–Kier alpha value is -2.47. The third-order valence-electron chi connectivity index (χ3n) is 5.69. The molecule has 2 aliphatic rings. The van der Waals surface area contributed by atoms with Gasteiger partial charge in [0.05, 0.1) is 12.3 Å². The minimum atomic E-state index is -0.283. The quantitative estimate of drug-likeness (QED) is 0.844. The van der Waals surface area contributed by atoms with Crippen LogP contribution in [0.25, 0.3) is 11.1 Å². The number of piperidine rings is 1. The van der Waals surface area contributed by atoms with Gasteiger partial charge < -0.3 is 15.4 Å². The molecule has 6 heteroatoms. The van der Waals surface area contributed by atoms with Crippen LogP contribution in [0.2, 0.25) is 0 Å². The van der Waals surface area contributed by atoms with Crippen LogP contribution in [0, 0.1) is 5.82 Å². The Morgan fingerprint density at radius 2 is 2.18 bits per heavy atom. The topological polar surface area (TPSA) is 63.2 Å². The van der Waals surface area contributed by atoms with Crippen molar-refractivity contribution in [1.82, 2.24) is 15.6 Å². The van der Waals surface area contributed by atoms with E-state index in [9.17, 15) is 9.18 Å². The molecule has 1 spiro atoms. The van der Waals surface area contributed by atoms with Gasteiger partial charge in [0.1, 0.15) is 11.6 Å². The minimum Gasteiger partial charge on any atom is -0.494 e. The van der Waals surface area contributed by atoms with Crippen molar-refractivity contribution in [2.24, 2.45) is 0 Å². The highest BCUT2D eigenvalue weighted by Crippen LogP contribution is 2.39. The zero-order valence-corrected chi connectivity index (χ0v) is 16.3. The lowest BCUT2D eigenvalue weighted by Gasteiger charge is -2.37. The van der Waals surface area contributed by atoms with Crippen LogP contribution >= 0.6 is 0 Å². The van der Waals surface area contributed by atoms with Crippen LogP contribution in [-0.2, 0) is 4.79 Å². The summed E-state index contributed by atoms with van der Waals surface area (Å²) in [4.78, 5) is 16.6. The van der Waals surface area contributed by atoms with Gasteiger partial charge in [-0.1, -0.05) is 0 Å². The summed E-state index contributed by atoms with van der Waals surface area (Å²) in [6.45, 7) is 4.48. The molecule has 1 amide bonds. The number of carbonyl (C=O) groups is 1. The van der Waals surface area contributed by atoms with Gasteiger partial charge in [0, 0.05) is 35.8 Å². The molecule has 0 aliphatic carbocycles. The highest BCUT2D eigenvalue weighted by Gasteiger charge is 2.44. The van der Waals surface area contributed by atoms with Gasteiger partial charge in [-0.3, -0.25) is 9.78 Å². The van der Waals surface area contributed by atoms with Gasteiger partial charge in [0.25, 0.3) is 0 Å². The van der Waals surface area contributed by atoms with Gasteiger partial charge in [0.2, 0.25) is 5.91 Å². The van der Waals surface area contributed by atoms with Crippen molar-refractivity contribution in [2.45, 2.75) is 57.2 Å². The number of pyridine rings is 1. The Kier molecular flexibility index (Phi) is 5.06. The number of nitrogens with one attached hydrogen (secondary N) is 2. The average Bonchev–Trinajstić information content (AvgIpc) is 3.05. The van der Waals surface area contributed by atoms with Gasteiger partial charge in [-0.2, -0.15) is 0 Å². The van der Waals surface area contributed by atoms with Crippen molar-refractivity contribution in [3.8, 4) is 16.9 Å². The summed E-state index contributed by atoms with van der Waals surface area (Å²) in [5.41, 5.74) is 2.01. The third kappa shape index (κ3) is 3.74. The summed E-state index contributed by atoms with van der Waals surface area (Å²) in [6, 6.07) is 8.80. The zero-order chi connectivity index (χ0) is 19.7. The normalized spacial score (nSPS) is 27.0. The van der Waals surface area contributed by atoms with E-state index >= 15 is 0 Å². The fraction of sp³-hybridized carbons (Fsp3) is 0.455. The van der Waals surface area contributed by atoms with Crippen molar-refractivity contribution in [1.29, 1.82) is 0 Å². The monoisotopic (exact) mass is 383 g/mol. The molecule has 4 rings (SSSR count). The second kappa shape index (κ2) is 7.51. The minimum absolute atomic E-state index is 0.0659. The van der Waals surface area contributed by atoms with Crippen molar-refractivity contribution < 1.29 is 13.9 Å². The van der Waals surface area contributed by atoms with Crippen molar-refractivity contribution >= 4 is 5.91 Å². The molecule has 0 saturated carbocycles. The van der Waals surface area contributed by atoms with E-state index < -0.39 is 0 Å². The highest BCUT2D eigenvalue weighted by molar-refractivity contribution is 5.78. The molecule has 3 unspecified atom stereocenters. The molecule has 2 saturated heterocycles. The summed E-state index contributed by atoms with van der Waals surface area (Å²) in [7, 11) is 0. The third-order valence-corrected chi connectivity index (χ3v) is 5.69. The Labute approximate surface area is 164 Å². The van der Waals surface area contributed by atoms with Gasteiger partial charge in [-0.15, -0.1) is 0 Å². The lowest BCUT2D eigenvalue weighted by atomic mass is 9.83. The van der Waals surface area contributed by atoms with Crippen LogP contribution in [0.15, 0.2) is 36.5 Å². The molecule has 0 radical (unpaired) electrons. The number of carbonyl (C=O) groups excluding carboxylic acids is 1. The van der Waals surface area contributed by atoms with E-state index in [1.54, 1.807) is 18.3 Å². The summed E-state index contributed by atoms with van der Waals surface area (Å²) in [5, 5.41) is 6.66. The molecule has 1 aromatic carbocycles. The van der Waals surface area contributed by atoms with Crippen LogP contribution in [0.5, 0.6) is 5.75 Å². The Morgan fingerprint density at radius 3 is 2.96 bits per heavy atom. The van der Waals surface area contributed by atoms with Gasteiger partial charge in [-0.25, -0.2) is 4.39 Å². The van der Waals surface area contributed by atoms with E-state index in [-0.39, 0.29) is 29.3 Å². The van der Waals surface area contributed by atoms with Crippen molar-refractivity contribution in [3.63, 3.8) is 0 Å². The molecule has 148 valence electrons. The first-order valence-corrected chi connectivity index (χ1v) is 9.94. The number of benzene rings is 1. The number of rotatable bonds is 4. The number of hydrogen-bond acceptors (Lipinski definition) is 4. The standard InChI is InChI=1S/C22H26FN3O2/c1-3-28-16-4-5-18(23)17(11-16)15-7-9-24-20(10-15)19-6-8-22(26-19)12-14(2)25-21(27)13-22/h4-5,7,9-11,14,19,26H,3,6,8,12-13H2,1-2H3,(H,25,27). The second-order valence-electron chi connectivity index (χ2n) is 7.91. The van der Waals surface area contributed by atoms with Crippen molar-refractivity contribution in [2.75, 3.05) is 6.61 Å². The zero-order valence-electron chi connectivity index (χ0n) is 16.3. The van der Waals surface area contributed by atoms with Gasteiger partial charge >= 0.3 is 0 Å². The first-order valence-electron chi connectivity index (χ1n) is 9.94. The molecule has 0 bridgehead atoms. The predicted octanol–water partition coefficient (Wildman–Crippen LogP) is 3.75. The maximum absolute atomic E-state index is 14.4. The van der Waals surface area contributed by atoms with Crippen LogP contribution in [-0.4, -0.2) is 29.1 Å². The fourth-order valence-electron chi connectivity index (χ4n) is 4.59. The summed E-state index contributed by atoms with van der Waals surface area (Å²) >= 11 is 0. The maximum Gasteiger partial charge on any atom is 0.222 e. The molecule has 5 nitrogen and oxygen atoms in total. The van der Waals surface area contributed by atoms with Gasteiger partial charge in [0.15, 0.2) is 0 Å². The lowest BCUT2D eigenvalue weighted by Crippen LogP contribution is -2.54. The van der Waals surface area contributed by atoms with Crippen LogP contribution in [0.3, 0.4) is 0 Å². The summed E-state index contributed by atoms with van der Waals surface area (Å²) in [6.07, 6.45) is 4.99. The van der Waals surface area contributed by atoms with Crippen LogP contribution in [0.1, 0.15) is 51.3 Å².